The lowest BCUT2D eigenvalue weighted by Gasteiger charge is -2.37. The SMILES string of the molecule is CC(C)c1cc(NC2CC(Nc3ccccc3)C2)n2nccc2n1. The van der Waals surface area contributed by atoms with Gasteiger partial charge in [-0.3, -0.25) is 0 Å². The summed E-state index contributed by atoms with van der Waals surface area (Å²) >= 11 is 0. The van der Waals surface area contributed by atoms with Crippen LogP contribution >= 0.6 is 0 Å². The van der Waals surface area contributed by atoms with Crippen LogP contribution < -0.4 is 10.6 Å². The van der Waals surface area contributed by atoms with Gasteiger partial charge in [-0.1, -0.05) is 32.0 Å². The summed E-state index contributed by atoms with van der Waals surface area (Å²) in [6.07, 6.45) is 4.02. The molecule has 0 radical (unpaired) electrons. The molecular formula is C19H23N5. The highest BCUT2D eigenvalue weighted by molar-refractivity contribution is 5.51. The van der Waals surface area contributed by atoms with Crippen molar-refractivity contribution in [3.8, 4) is 0 Å². The van der Waals surface area contributed by atoms with E-state index >= 15 is 0 Å². The lowest BCUT2D eigenvalue weighted by Crippen LogP contribution is -2.44. The largest absolute Gasteiger partial charge is 0.382 e. The maximum absolute atomic E-state index is 4.67. The highest BCUT2D eigenvalue weighted by Gasteiger charge is 2.29. The van der Waals surface area contributed by atoms with E-state index in [1.807, 2.05) is 16.6 Å². The van der Waals surface area contributed by atoms with Gasteiger partial charge in [-0.05, 0) is 30.9 Å². The summed E-state index contributed by atoms with van der Waals surface area (Å²) in [5, 5.41) is 11.6. The molecule has 0 amide bonds. The molecule has 2 aromatic heterocycles. The second-order valence-corrected chi connectivity index (χ2v) is 6.84. The van der Waals surface area contributed by atoms with Crippen LogP contribution in [0.25, 0.3) is 5.65 Å². The Bertz CT molecular complexity index is 818. The van der Waals surface area contributed by atoms with Crippen molar-refractivity contribution >= 4 is 17.2 Å². The third-order valence-electron chi connectivity index (χ3n) is 4.61. The van der Waals surface area contributed by atoms with Crippen LogP contribution in [0, 0.1) is 0 Å². The minimum Gasteiger partial charge on any atom is -0.382 e. The Labute approximate surface area is 142 Å². The third-order valence-corrected chi connectivity index (χ3v) is 4.61. The number of nitrogens with zero attached hydrogens (tertiary/aromatic N) is 3. The average Bonchev–Trinajstić information content (AvgIpc) is 3.02. The van der Waals surface area contributed by atoms with Crippen LogP contribution in [0.15, 0.2) is 48.7 Å². The van der Waals surface area contributed by atoms with Crippen molar-refractivity contribution in [1.29, 1.82) is 0 Å². The predicted octanol–water partition coefficient (Wildman–Crippen LogP) is 3.91. The molecule has 0 atom stereocenters. The second-order valence-electron chi connectivity index (χ2n) is 6.84. The van der Waals surface area contributed by atoms with Gasteiger partial charge in [0.05, 0.1) is 6.20 Å². The summed E-state index contributed by atoms with van der Waals surface area (Å²) in [7, 11) is 0. The summed E-state index contributed by atoms with van der Waals surface area (Å²) in [5.74, 6) is 1.44. The Balaban J connectivity index is 1.43. The van der Waals surface area contributed by atoms with E-state index in [9.17, 15) is 0 Å². The van der Waals surface area contributed by atoms with Crippen LogP contribution in [0.4, 0.5) is 11.5 Å². The molecule has 4 rings (SSSR count). The first-order chi connectivity index (χ1) is 11.7. The standard InChI is InChI=1S/C19H23N5/c1-13(2)17-12-19(24-18(23-17)8-9-20-24)22-16-10-15(11-16)21-14-6-4-3-5-7-14/h3-9,12-13,15-16,21-22H,10-11H2,1-2H3. The van der Waals surface area contributed by atoms with Crippen LogP contribution in [0.1, 0.15) is 38.3 Å². The van der Waals surface area contributed by atoms with Crippen molar-refractivity contribution in [2.24, 2.45) is 0 Å². The molecule has 5 heteroatoms. The summed E-state index contributed by atoms with van der Waals surface area (Å²) in [6, 6.07) is 15.5. The molecule has 0 bridgehead atoms. The number of fused-ring (bicyclic) bond motifs is 1. The van der Waals surface area contributed by atoms with Crippen LogP contribution in [-0.2, 0) is 0 Å². The molecule has 0 aliphatic heterocycles. The van der Waals surface area contributed by atoms with Crippen molar-refractivity contribution in [3.05, 3.63) is 54.4 Å². The average molecular weight is 321 g/mol. The highest BCUT2D eigenvalue weighted by Crippen LogP contribution is 2.28. The van der Waals surface area contributed by atoms with Gasteiger partial charge in [-0.2, -0.15) is 9.61 Å². The van der Waals surface area contributed by atoms with Crippen LogP contribution in [0.3, 0.4) is 0 Å². The number of aromatic nitrogens is 3. The van der Waals surface area contributed by atoms with Crippen molar-refractivity contribution in [3.63, 3.8) is 0 Å². The van der Waals surface area contributed by atoms with Crippen molar-refractivity contribution in [1.82, 2.24) is 14.6 Å². The zero-order chi connectivity index (χ0) is 16.5. The van der Waals surface area contributed by atoms with Gasteiger partial charge in [0, 0.05) is 35.6 Å². The summed E-state index contributed by atoms with van der Waals surface area (Å²) in [5.41, 5.74) is 3.20. The van der Waals surface area contributed by atoms with Gasteiger partial charge in [0.15, 0.2) is 5.65 Å². The molecular weight excluding hydrogens is 298 g/mol. The number of hydrogen-bond donors (Lipinski definition) is 2. The lowest BCUT2D eigenvalue weighted by atomic mass is 9.86. The molecule has 2 N–H and O–H groups in total. The lowest BCUT2D eigenvalue weighted by molar-refractivity contribution is 0.396. The van der Waals surface area contributed by atoms with Crippen molar-refractivity contribution in [2.45, 2.75) is 44.7 Å². The molecule has 1 saturated carbocycles. The van der Waals surface area contributed by atoms with Gasteiger partial charge in [-0.25, -0.2) is 4.98 Å². The topological polar surface area (TPSA) is 54.2 Å². The minimum absolute atomic E-state index is 0.402. The number of anilines is 2. The van der Waals surface area contributed by atoms with E-state index in [1.165, 1.54) is 5.69 Å². The third kappa shape index (κ3) is 2.94. The van der Waals surface area contributed by atoms with Gasteiger partial charge >= 0.3 is 0 Å². The zero-order valence-corrected chi connectivity index (χ0v) is 14.1. The van der Waals surface area contributed by atoms with Crippen LogP contribution in [-0.4, -0.2) is 26.7 Å². The molecule has 1 aromatic carbocycles. The van der Waals surface area contributed by atoms with E-state index in [1.54, 1.807) is 6.20 Å². The second kappa shape index (κ2) is 6.15. The summed E-state index contributed by atoms with van der Waals surface area (Å²) < 4.78 is 1.89. The molecule has 1 fully saturated rings. The number of hydrogen-bond acceptors (Lipinski definition) is 4. The van der Waals surface area contributed by atoms with Crippen LogP contribution in [0.2, 0.25) is 0 Å². The number of para-hydroxylation sites is 1. The monoisotopic (exact) mass is 321 g/mol. The molecule has 3 aromatic rings. The molecule has 1 aliphatic rings. The fourth-order valence-electron chi connectivity index (χ4n) is 3.16. The summed E-state index contributed by atoms with van der Waals surface area (Å²) in [6.45, 7) is 4.34. The predicted molar refractivity (Wildman–Crippen MR) is 97.6 cm³/mol. The summed E-state index contributed by atoms with van der Waals surface area (Å²) in [4.78, 5) is 4.67. The maximum Gasteiger partial charge on any atom is 0.157 e. The van der Waals surface area contributed by atoms with Crippen molar-refractivity contribution < 1.29 is 0 Å². The molecule has 0 unspecified atom stereocenters. The first-order valence-electron chi connectivity index (χ1n) is 8.62. The van der Waals surface area contributed by atoms with E-state index in [0.29, 0.717) is 18.0 Å². The molecule has 2 heterocycles. The Morgan fingerprint density at radius 1 is 1.04 bits per heavy atom. The molecule has 1 aliphatic carbocycles. The quantitative estimate of drug-likeness (QED) is 0.748. The highest BCUT2D eigenvalue weighted by atomic mass is 15.3. The van der Waals surface area contributed by atoms with Gasteiger partial charge < -0.3 is 10.6 Å². The fraction of sp³-hybridized carbons (Fsp3) is 0.368. The molecule has 0 saturated heterocycles. The smallest absolute Gasteiger partial charge is 0.157 e. The Morgan fingerprint density at radius 3 is 2.54 bits per heavy atom. The van der Waals surface area contributed by atoms with Crippen LogP contribution in [0.5, 0.6) is 0 Å². The van der Waals surface area contributed by atoms with Gasteiger partial charge in [0.25, 0.3) is 0 Å². The zero-order valence-electron chi connectivity index (χ0n) is 14.1. The molecule has 124 valence electrons. The first kappa shape index (κ1) is 15.0. The van der Waals surface area contributed by atoms with Gasteiger partial charge in [0.2, 0.25) is 0 Å². The van der Waals surface area contributed by atoms with Gasteiger partial charge in [-0.15, -0.1) is 0 Å². The number of benzene rings is 1. The van der Waals surface area contributed by atoms with E-state index in [-0.39, 0.29) is 0 Å². The normalized spacial score (nSPS) is 20.1. The Morgan fingerprint density at radius 2 is 1.79 bits per heavy atom. The minimum atomic E-state index is 0.402. The van der Waals surface area contributed by atoms with E-state index in [4.69, 9.17) is 0 Å². The number of rotatable bonds is 5. The maximum atomic E-state index is 4.67. The Kier molecular flexibility index (Phi) is 3.84. The molecule has 0 spiro atoms. The number of nitrogens with one attached hydrogen (secondary N) is 2. The van der Waals surface area contributed by atoms with E-state index in [2.05, 4.69) is 64.9 Å². The fourth-order valence-corrected chi connectivity index (χ4v) is 3.16. The molecule has 5 nitrogen and oxygen atoms in total. The van der Waals surface area contributed by atoms with E-state index in [0.717, 1.165) is 30.0 Å². The van der Waals surface area contributed by atoms with E-state index < -0.39 is 0 Å². The van der Waals surface area contributed by atoms with Crippen molar-refractivity contribution in [2.75, 3.05) is 10.6 Å². The van der Waals surface area contributed by atoms with Gasteiger partial charge in [0.1, 0.15) is 5.82 Å². The Hall–Kier alpha value is -2.56. The first-order valence-corrected chi connectivity index (χ1v) is 8.62. The molecule has 24 heavy (non-hydrogen) atoms.